The Morgan fingerprint density at radius 1 is 1.04 bits per heavy atom. The van der Waals surface area contributed by atoms with Crippen LogP contribution in [-0.2, 0) is 21.4 Å². The van der Waals surface area contributed by atoms with Gasteiger partial charge in [0.05, 0.1) is 4.90 Å². The van der Waals surface area contributed by atoms with Crippen LogP contribution in [0.4, 0.5) is 4.79 Å². The first-order valence-electron chi connectivity index (χ1n) is 7.36. The standard InChI is InChI=1S/C9H11N3O4S.C8H10/c10-9(14)11-5-7-1-3-8(4-2-7)17(15,16)12-6-13;1-7-5-3-4-6-8(7)2/h1-4,6H,5H2,(H,12,13)(H3,10,11,14);3-6H,1-2H3. The van der Waals surface area contributed by atoms with Crippen LogP contribution in [0, 0.1) is 13.8 Å². The third-order valence-corrected chi connectivity index (χ3v) is 4.63. The Bertz CT molecular complexity index is 797. The number of urea groups is 1. The summed E-state index contributed by atoms with van der Waals surface area (Å²) >= 11 is 0. The fraction of sp³-hybridized carbons (Fsp3) is 0.176. The van der Waals surface area contributed by atoms with Gasteiger partial charge in [0.2, 0.25) is 6.41 Å². The molecule has 0 aliphatic heterocycles. The lowest BCUT2D eigenvalue weighted by Crippen LogP contribution is -2.28. The molecule has 0 fully saturated rings. The number of nitrogens with one attached hydrogen (secondary N) is 2. The van der Waals surface area contributed by atoms with E-state index in [1.165, 1.54) is 35.4 Å². The van der Waals surface area contributed by atoms with Crippen LogP contribution in [0.25, 0.3) is 0 Å². The number of amides is 3. The molecule has 0 spiro atoms. The molecule has 0 aliphatic carbocycles. The molecule has 0 bridgehead atoms. The van der Waals surface area contributed by atoms with Gasteiger partial charge in [0.15, 0.2) is 0 Å². The Labute approximate surface area is 147 Å². The van der Waals surface area contributed by atoms with Crippen molar-refractivity contribution in [2.24, 2.45) is 5.73 Å². The lowest BCUT2D eigenvalue weighted by Gasteiger charge is -2.04. The molecule has 2 aromatic rings. The number of nitrogens with two attached hydrogens (primary N) is 1. The van der Waals surface area contributed by atoms with E-state index in [0.717, 1.165) is 0 Å². The van der Waals surface area contributed by atoms with E-state index in [2.05, 4.69) is 43.4 Å². The van der Waals surface area contributed by atoms with Crippen LogP contribution in [0.15, 0.2) is 53.4 Å². The summed E-state index contributed by atoms with van der Waals surface area (Å²) in [6.07, 6.45) is 0.0951. The van der Waals surface area contributed by atoms with Gasteiger partial charge in [0, 0.05) is 6.54 Å². The Kier molecular flexibility index (Phi) is 7.61. The van der Waals surface area contributed by atoms with Crippen molar-refractivity contribution >= 4 is 22.5 Å². The highest BCUT2D eigenvalue weighted by Gasteiger charge is 2.11. The number of hydrogen-bond acceptors (Lipinski definition) is 4. The average molecular weight is 363 g/mol. The molecule has 0 atom stereocenters. The molecule has 0 unspecified atom stereocenters. The van der Waals surface area contributed by atoms with Gasteiger partial charge in [-0.3, -0.25) is 9.52 Å². The van der Waals surface area contributed by atoms with Crippen molar-refractivity contribution in [3.05, 3.63) is 65.2 Å². The number of hydrogen-bond donors (Lipinski definition) is 3. The number of carbonyl (C=O) groups is 2. The zero-order chi connectivity index (χ0) is 18.9. The highest BCUT2D eigenvalue weighted by atomic mass is 32.2. The van der Waals surface area contributed by atoms with E-state index in [4.69, 9.17) is 5.73 Å². The Balaban J connectivity index is 0.000000324. The molecule has 0 saturated heterocycles. The molecule has 2 rings (SSSR count). The van der Waals surface area contributed by atoms with Gasteiger partial charge in [-0.15, -0.1) is 0 Å². The van der Waals surface area contributed by atoms with E-state index >= 15 is 0 Å². The van der Waals surface area contributed by atoms with Crippen molar-refractivity contribution in [1.82, 2.24) is 10.0 Å². The first kappa shape index (κ1) is 20.2. The number of carbonyl (C=O) groups excluding carboxylic acids is 2. The van der Waals surface area contributed by atoms with Crippen LogP contribution in [0.1, 0.15) is 16.7 Å². The van der Waals surface area contributed by atoms with Crippen LogP contribution >= 0.6 is 0 Å². The topological polar surface area (TPSA) is 118 Å². The third-order valence-electron chi connectivity index (χ3n) is 3.33. The predicted molar refractivity (Wildman–Crippen MR) is 95.2 cm³/mol. The Morgan fingerprint density at radius 3 is 1.96 bits per heavy atom. The van der Waals surface area contributed by atoms with Gasteiger partial charge in [-0.2, -0.15) is 0 Å². The first-order chi connectivity index (χ1) is 11.8. The van der Waals surface area contributed by atoms with Gasteiger partial charge in [-0.1, -0.05) is 36.4 Å². The lowest BCUT2D eigenvalue weighted by atomic mass is 10.1. The van der Waals surface area contributed by atoms with Gasteiger partial charge in [-0.05, 0) is 42.7 Å². The minimum atomic E-state index is -3.79. The molecular weight excluding hydrogens is 342 g/mol. The molecule has 25 heavy (non-hydrogen) atoms. The Hall–Kier alpha value is -2.87. The number of aryl methyl sites for hydroxylation is 2. The molecule has 134 valence electrons. The summed E-state index contributed by atoms with van der Waals surface area (Å²) in [4.78, 5) is 20.5. The summed E-state index contributed by atoms with van der Waals surface area (Å²) in [5, 5.41) is 2.36. The Morgan fingerprint density at radius 2 is 1.56 bits per heavy atom. The zero-order valence-corrected chi connectivity index (χ0v) is 14.8. The summed E-state index contributed by atoms with van der Waals surface area (Å²) < 4.78 is 24.5. The van der Waals surface area contributed by atoms with E-state index in [1.807, 2.05) is 0 Å². The lowest BCUT2D eigenvalue weighted by molar-refractivity contribution is -0.108. The second-order valence-corrected chi connectivity index (χ2v) is 6.90. The largest absolute Gasteiger partial charge is 0.352 e. The number of sulfonamides is 1. The summed E-state index contributed by atoms with van der Waals surface area (Å²) in [6, 6.07) is 13.4. The fourth-order valence-electron chi connectivity index (χ4n) is 1.77. The van der Waals surface area contributed by atoms with Crippen molar-refractivity contribution in [3.63, 3.8) is 0 Å². The molecule has 0 aromatic heterocycles. The maximum atomic E-state index is 11.4. The van der Waals surface area contributed by atoms with Gasteiger partial charge in [-0.25, -0.2) is 13.2 Å². The first-order valence-corrected chi connectivity index (χ1v) is 8.85. The smallest absolute Gasteiger partial charge is 0.312 e. The minimum Gasteiger partial charge on any atom is -0.352 e. The van der Waals surface area contributed by atoms with Crippen LogP contribution in [0.2, 0.25) is 0 Å². The van der Waals surface area contributed by atoms with E-state index in [-0.39, 0.29) is 17.9 Å². The summed E-state index contributed by atoms with van der Waals surface area (Å²) in [5.74, 6) is 0. The molecule has 4 N–H and O–H groups in total. The van der Waals surface area contributed by atoms with Crippen molar-refractivity contribution in [2.45, 2.75) is 25.3 Å². The molecule has 2 aromatic carbocycles. The summed E-state index contributed by atoms with van der Waals surface area (Å²) in [5.41, 5.74) is 8.31. The van der Waals surface area contributed by atoms with Crippen LogP contribution < -0.4 is 15.8 Å². The molecule has 0 radical (unpaired) electrons. The third kappa shape index (κ3) is 7.05. The van der Waals surface area contributed by atoms with Gasteiger partial charge in [0.25, 0.3) is 10.0 Å². The monoisotopic (exact) mass is 363 g/mol. The molecule has 3 amide bonds. The quantitative estimate of drug-likeness (QED) is 0.699. The van der Waals surface area contributed by atoms with E-state index < -0.39 is 16.1 Å². The van der Waals surface area contributed by atoms with Crippen LogP contribution in [0.5, 0.6) is 0 Å². The van der Waals surface area contributed by atoms with Crippen molar-refractivity contribution in [1.29, 1.82) is 0 Å². The second-order valence-electron chi connectivity index (χ2n) is 5.19. The molecule has 0 saturated carbocycles. The normalized spacial score (nSPS) is 10.2. The fourth-order valence-corrected chi connectivity index (χ4v) is 2.53. The van der Waals surface area contributed by atoms with E-state index in [9.17, 15) is 18.0 Å². The highest BCUT2D eigenvalue weighted by Crippen LogP contribution is 2.09. The van der Waals surface area contributed by atoms with Gasteiger partial charge < -0.3 is 11.1 Å². The van der Waals surface area contributed by atoms with Gasteiger partial charge >= 0.3 is 6.03 Å². The maximum absolute atomic E-state index is 11.4. The summed E-state index contributed by atoms with van der Waals surface area (Å²) in [7, 11) is -3.79. The molecule has 0 aliphatic rings. The number of rotatable bonds is 5. The van der Waals surface area contributed by atoms with E-state index in [0.29, 0.717) is 5.56 Å². The highest BCUT2D eigenvalue weighted by molar-refractivity contribution is 7.90. The maximum Gasteiger partial charge on any atom is 0.312 e. The SMILES string of the molecule is Cc1ccccc1C.NC(=O)NCc1ccc(S(=O)(=O)NC=O)cc1. The molecule has 0 heterocycles. The van der Waals surface area contributed by atoms with Crippen LogP contribution in [0.3, 0.4) is 0 Å². The molecule has 8 heteroatoms. The minimum absolute atomic E-state index is 0.0348. The van der Waals surface area contributed by atoms with Crippen molar-refractivity contribution < 1.29 is 18.0 Å². The molecule has 7 nitrogen and oxygen atoms in total. The van der Waals surface area contributed by atoms with Crippen LogP contribution in [-0.4, -0.2) is 20.9 Å². The second kappa shape index (κ2) is 9.43. The van der Waals surface area contributed by atoms with E-state index in [1.54, 1.807) is 4.72 Å². The number of benzene rings is 2. The van der Waals surface area contributed by atoms with Gasteiger partial charge in [0.1, 0.15) is 0 Å². The van der Waals surface area contributed by atoms with Crippen molar-refractivity contribution in [2.75, 3.05) is 0 Å². The predicted octanol–water partition coefficient (Wildman–Crippen LogP) is 1.59. The molecular formula is C17H21N3O4S. The average Bonchev–Trinajstić information content (AvgIpc) is 2.57. The number of primary amides is 1. The van der Waals surface area contributed by atoms with Crippen molar-refractivity contribution in [3.8, 4) is 0 Å². The zero-order valence-electron chi connectivity index (χ0n) is 14.0. The summed E-state index contributed by atoms with van der Waals surface area (Å²) in [6.45, 7) is 4.45.